The highest BCUT2D eigenvalue weighted by atomic mass is 19.1. The number of benzene rings is 2. The van der Waals surface area contributed by atoms with Crippen LogP contribution in [0.1, 0.15) is 22.8 Å². The Morgan fingerprint density at radius 2 is 1.97 bits per heavy atom. The molecular formula is C21H22FN3O4. The first-order valence-corrected chi connectivity index (χ1v) is 9.27. The van der Waals surface area contributed by atoms with Crippen molar-refractivity contribution in [2.75, 3.05) is 24.5 Å². The summed E-state index contributed by atoms with van der Waals surface area (Å²) in [4.78, 5) is 39.1. The highest BCUT2D eigenvalue weighted by molar-refractivity contribution is 5.98. The number of carboxylic acids is 1. The summed E-state index contributed by atoms with van der Waals surface area (Å²) in [6.45, 7) is 2.45. The highest BCUT2D eigenvalue weighted by Gasteiger charge is 2.27. The van der Waals surface area contributed by atoms with Gasteiger partial charge in [-0.2, -0.15) is 0 Å². The van der Waals surface area contributed by atoms with E-state index in [1.807, 2.05) is 30.3 Å². The van der Waals surface area contributed by atoms with Gasteiger partial charge in [-0.25, -0.2) is 9.18 Å². The minimum Gasteiger partial charge on any atom is -0.481 e. The summed E-state index contributed by atoms with van der Waals surface area (Å²) in [5.41, 5.74) is 1.01. The standard InChI is InChI=1S/C21H22FN3O4/c1-14(20(27)28)12-24(13-15-5-3-2-4-6-15)19(26)17-11-16(7-8-18(17)22)25-10-9-23-21(25)29/h2-8,11,14H,9-10,12-13H2,1H3,(H,23,29)(H,27,28). The van der Waals surface area contributed by atoms with Crippen LogP contribution in [-0.4, -0.2) is 47.5 Å². The highest BCUT2D eigenvalue weighted by Crippen LogP contribution is 2.23. The number of anilines is 1. The first-order valence-electron chi connectivity index (χ1n) is 9.27. The molecule has 3 rings (SSSR count). The van der Waals surface area contributed by atoms with Crippen molar-refractivity contribution in [1.29, 1.82) is 0 Å². The number of hydrogen-bond acceptors (Lipinski definition) is 3. The van der Waals surface area contributed by atoms with Gasteiger partial charge >= 0.3 is 12.0 Å². The van der Waals surface area contributed by atoms with E-state index >= 15 is 0 Å². The van der Waals surface area contributed by atoms with Crippen molar-refractivity contribution in [3.63, 3.8) is 0 Å². The monoisotopic (exact) mass is 399 g/mol. The van der Waals surface area contributed by atoms with Crippen molar-refractivity contribution >= 4 is 23.6 Å². The van der Waals surface area contributed by atoms with Crippen molar-refractivity contribution < 1.29 is 23.9 Å². The van der Waals surface area contributed by atoms with Crippen molar-refractivity contribution in [3.05, 3.63) is 65.5 Å². The molecule has 0 aromatic heterocycles. The third-order valence-corrected chi connectivity index (χ3v) is 4.77. The Morgan fingerprint density at radius 1 is 1.24 bits per heavy atom. The van der Waals surface area contributed by atoms with Gasteiger partial charge in [0.2, 0.25) is 0 Å². The van der Waals surface area contributed by atoms with E-state index in [9.17, 15) is 23.9 Å². The quantitative estimate of drug-likeness (QED) is 0.749. The molecule has 29 heavy (non-hydrogen) atoms. The van der Waals surface area contributed by atoms with Gasteiger partial charge in [-0.3, -0.25) is 14.5 Å². The zero-order valence-electron chi connectivity index (χ0n) is 16.0. The van der Waals surface area contributed by atoms with Gasteiger partial charge in [0.1, 0.15) is 5.82 Å². The van der Waals surface area contributed by atoms with Crippen LogP contribution in [0.5, 0.6) is 0 Å². The number of hydrogen-bond donors (Lipinski definition) is 2. The molecule has 7 nitrogen and oxygen atoms in total. The molecule has 2 aromatic rings. The van der Waals surface area contributed by atoms with Crippen LogP contribution in [0.25, 0.3) is 0 Å². The maximum absolute atomic E-state index is 14.5. The molecule has 1 unspecified atom stereocenters. The molecule has 0 saturated carbocycles. The van der Waals surface area contributed by atoms with Crippen LogP contribution in [0.2, 0.25) is 0 Å². The van der Waals surface area contributed by atoms with Crippen molar-refractivity contribution in [2.24, 2.45) is 5.92 Å². The average Bonchev–Trinajstić information content (AvgIpc) is 3.14. The van der Waals surface area contributed by atoms with Crippen LogP contribution < -0.4 is 10.2 Å². The SMILES string of the molecule is CC(CN(Cc1ccccc1)C(=O)c1cc(N2CCNC2=O)ccc1F)C(=O)O. The second-order valence-corrected chi connectivity index (χ2v) is 6.96. The molecule has 1 atom stereocenters. The van der Waals surface area contributed by atoms with E-state index in [-0.39, 0.29) is 24.7 Å². The van der Waals surface area contributed by atoms with E-state index in [1.165, 1.54) is 28.9 Å². The Labute approximate surface area is 167 Å². The van der Waals surface area contributed by atoms with E-state index in [2.05, 4.69) is 5.32 Å². The molecule has 0 aliphatic carbocycles. The zero-order chi connectivity index (χ0) is 21.0. The number of rotatable bonds is 7. The van der Waals surface area contributed by atoms with Crippen molar-refractivity contribution in [1.82, 2.24) is 10.2 Å². The fraction of sp³-hybridized carbons (Fsp3) is 0.286. The van der Waals surface area contributed by atoms with Gasteiger partial charge < -0.3 is 15.3 Å². The van der Waals surface area contributed by atoms with Gasteiger partial charge in [0, 0.05) is 31.9 Å². The average molecular weight is 399 g/mol. The number of aliphatic carboxylic acids is 1. The van der Waals surface area contributed by atoms with E-state index in [0.717, 1.165) is 11.6 Å². The predicted octanol–water partition coefficient (Wildman–Crippen LogP) is 2.72. The summed E-state index contributed by atoms with van der Waals surface area (Å²) in [5, 5.41) is 11.9. The molecule has 1 aliphatic heterocycles. The maximum atomic E-state index is 14.5. The summed E-state index contributed by atoms with van der Waals surface area (Å²) < 4.78 is 14.5. The Balaban J connectivity index is 1.91. The van der Waals surface area contributed by atoms with Crippen LogP contribution in [0, 0.1) is 11.7 Å². The molecule has 1 fully saturated rings. The summed E-state index contributed by atoms with van der Waals surface area (Å²) in [7, 11) is 0. The molecular weight excluding hydrogens is 377 g/mol. The van der Waals surface area contributed by atoms with Crippen LogP contribution in [0.4, 0.5) is 14.9 Å². The Bertz CT molecular complexity index is 919. The fourth-order valence-corrected chi connectivity index (χ4v) is 3.17. The molecule has 2 N–H and O–H groups in total. The molecule has 2 aromatic carbocycles. The molecule has 3 amide bonds. The summed E-state index contributed by atoms with van der Waals surface area (Å²) in [5.74, 6) is -3.21. The number of carbonyl (C=O) groups excluding carboxylic acids is 2. The second kappa shape index (κ2) is 8.72. The molecule has 1 saturated heterocycles. The molecule has 0 spiro atoms. The van der Waals surface area contributed by atoms with E-state index < -0.39 is 23.6 Å². The zero-order valence-corrected chi connectivity index (χ0v) is 16.0. The number of nitrogens with one attached hydrogen (secondary N) is 1. The first-order chi connectivity index (χ1) is 13.9. The van der Waals surface area contributed by atoms with Crippen LogP contribution in [0.15, 0.2) is 48.5 Å². The Hall–Kier alpha value is -3.42. The van der Waals surface area contributed by atoms with Crippen molar-refractivity contribution in [3.8, 4) is 0 Å². The van der Waals surface area contributed by atoms with Crippen LogP contribution in [-0.2, 0) is 11.3 Å². The summed E-state index contributed by atoms with van der Waals surface area (Å²) in [6.07, 6.45) is 0. The van der Waals surface area contributed by atoms with Gasteiger partial charge in [0.15, 0.2) is 0 Å². The van der Waals surface area contributed by atoms with Gasteiger partial charge in [0.05, 0.1) is 11.5 Å². The molecule has 1 aliphatic rings. The van der Waals surface area contributed by atoms with Gasteiger partial charge in [-0.15, -0.1) is 0 Å². The number of halogens is 1. The largest absolute Gasteiger partial charge is 0.481 e. The number of nitrogens with zero attached hydrogens (tertiary/aromatic N) is 2. The number of urea groups is 1. The molecule has 152 valence electrons. The first kappa shape index (κ1) is 20.3. The van der Waals surface area contributed by atoms with Crippen LogP contribution >= 0.6 is 0 Å². The molecule has 0 bridgehead atoms. The Kier molecular flexibility index (Phi) is 6.11. The lowest BCUT2D eigenvalue weighted by molar-refractivity contribution is -0.141. The van der Waals surface area contributed by atoms with Crippen LogP contribution in [0.3, 0.4) is 0 Å². The molecule has 8 heteroatoms. The lowest BCUT2D eigenvalue weighted by Gasteiger charge is -2.25. The lowest BCUT2D eigenvalue weighted by atomic mass is 10.1. The van der Waals surface area contributed by atoms with E-state index in [1.54, 1.807) is 0 Å². The van der Waals surface area contributed by atoms with Crippen molar-refractivity contribution in [2.45, 2.75) is 13.5 Å². The normalized spacial score (nSPS) is 14.4. The number of carbonyl (C=O) groups is 3. The molecule has 1 heterocycles. The van der Waals surface area contributed by atoms with E-state index in [4.69, 9.17) is 0 Å². The van der Waals surface area contributed by atoms with Gasteiger partial charge in [-0.1, -0.05) is 37.3 Å². The summed E-state index contributed by atoms with van der Waals surface area (Å²) in [6, 6.07) is 12.7. The third-order valence-electron chi connectivity index (χ3n) is 4.77. The Morgan fingerprint density at radius 3 is 2.59 bits per heavy atom. The lowest BCUT2D eigenvalue weighted by Crippen LogP contribution is -2.37. The smallest absolute Gasteiger partial charge is 0.321 e. The second-order valence-electron chi connectivity index (χ2n) is 6.96. The third kappa shape index (κ3) is 4.71. The fourth-order valence-electron chi connectivity index (χ4n) is 3.17. The van der Waals surface area contributed by atoms with Gasteiger partial charge in [-0.05, 0) is 23.8 Å². The van der Waals surface area contributed by atoms with Gasteiger partial charge in [0.25, 0.3) is 5.91 Å². The van der Waals surface area contributed by atoms with E-state index in [0.29, 0.717) is 18.8 Å². The number of carboxylic acid groups (broad SMARTS) is 1. The summed E-state index contributed by atoms with van der Waals surface area (Å²) >= 11 is 0. The molecule has 0 radical (unpaired) electrons. The minimum absolute atomic E-state index is 0.0725. The maximum Gasteiger partial charge on any atom is 0.321 e. The minimum atomic E-state index is -1.04. The topological polar surface area (TPSA) is 90.0 Å². The predicted molar refractivity (Wildman–Crippen MR) is 105 cm³/mol. The number of amides is 3.